The molecule has 2 N–H and O–H groups in total. The quantitative estimate of drug-likeness (QED) is 0.897. The van der Waals surface area contributed by atoms with Crippen LogP contribution in [0.15, 0.2) is 12.1 Å². The number of ether oxygens (including phenoxy) is 1. The maximum Gasteiger partial charge on any atom is 0.322 e. The minimum atomic E-state index is -0.471. The second-order valence-electron chi connectivity index (χ2n) is 5.85. The summed E-state index contributed by atoms with van der Waals surface area (Å²) in [5, 5.41) is 13.2. The number of hydrogen-bond donors (Lipinski definition) is 2. The van der Waals surface area contributed by atoms with Gasteiger partial charge in [0.2, 0.25) is 0 Å². The molecule has 1 fully saturated rings. The fourth-order valence-electron chi connectivity index (χ4n) is 2.80. The Morgan fingerprint density at radius 2 is 2.14 bits per heavy atom. The molecule has 2 amide bonds. The van der Waals surface area contributed by atoms with Gasteiger partial charge in [0.15, 0.2) is 0 Å². The minimum Gasteiger partial charge on any atom is -0.393 e. The summed E-state index contributed by atoms with van der Waals surface area (Å²) in [5.41, 5.74) is 2.65. The first-order valence-electron chi connectivity index (χ1n) is 7.48. The van der Waals surface area contributed by atoms with Crippen molar-refractivity contribution < 1.29 is 14.6 Å². The van der Waals surface area contributed by atoms with Crippen LogP contribution in [0.25, 0.3) is 0 Å². The number of morpholine rings is 1. The van der Waals surface area contributed by atoms with Gasteiger partial charge in [-0.25, -0.2) is 4.79 Å². The summed E-state index contributed by atoms with van der Waals surface area (Å²) in [6.45, 7) is 7.05. The predicted molar refractivity (Wildman–Crippen MR) is 87.6 cm³/mol. The third-order valence-corrected chi connectivity index (χ3v) is 4.05. The van der Waals surface area contributed by atoms with Crippen LogP contribution in [0.2, 0.25) is 5.02 Å². The third kappa shape index (κ3) is 4.12. The summed E-state index contributed by atoms with van der Waals surface area (Å²) in [4.78, 5) is 14.3. The lowest BCUT2D eigenvalue weighted by atomic mass is 10.1. The van der Waals surface area contributed by atoms with Crippen molar-refractivity contribution in [2.75, 3.05) is 25.1 Å². The Morgan fingerprint density at radius 3 is 2.73 bits per heavy atom. The van der Waals surface area contributed by atoms with Gasteiger partial charge in [-0.15, -0.1) is 0 Å². The highest BCUT2D eigenvalue weighted by atomic mass is 35.5. The fraction of sp³-hybridized carbons (Fsp3) is 0.562. The van der Waals surface area contributed by atoms with Crippen LogP contribution >= 0.6 is 11.6 Å². The smallest absolute Gasteiger partial charge is 0.322 e. The van der Waals surface area contributed by atoms with Crippen LogP contribution in [0.5, 0.6) is 0 Å². The topological polar surface area (TPSA) is 61.8 Å². The number of rotatable bonds is 3. The molecular formula is C16H23ClN2O3. The van der Waals surface area contributed by atoms with Crippen molar-refractivity contribution in [1.82, 2.24) is 4.90 Å². The van der Waals surface area contributed by atoms with Gasteiger partial charge < -0.3 is 20.1 Å². The van der Waals surface area contributed by atoms with Crippen molar-refractivity contribution in [1.29, 1.82) is 0 Å². The highest BCUT2D eigenvalue weighted by Crippen LogP contribution is 2.25. The van der Waals surface area contributed by atoms with Crippen molar-refractivity contribution in [2.24, 2.45) is 0 Å². The second kappa shape index (κ2) is 7.31. The van der Waals surface area contributed by atoms with E-state index in [1.165, 1.54) is 0 Å². The lowest BCUT2D eigenvalue weighted by molar-refractivity contribution is -0.00161. The second-order valence-corrected chi connectivity index (χ2v) is 6.29. The van der Waals surface area contributed by atoms with Crippen LogP contribution in [0.3, 0.4) is 0 Å². The Labute approximate surface area is 136 Å². The molecule has 5 nitrogen and oxygen atoms in total. The molecule has 0 spiro atoms. The first-order chi connectivity index (χ1) is 10.4. The summed E-state index contributed by atoms with van der Waals surface area (Å²) < 4.78 is 5.43. The largest absolute Gasteiger partial charge is 0.393 e. The normalized spacial score (nSPS) is 19.9. The fourth-order valence-corrected chi connectivity index (χ4v) is 3.13. The van der Waals surface area contributed by atoms with Crippen molar-refractivity contribution in [2.45, 2.75) is 39.3 Å². The van der Waals surface area contributed by atoms with Crippen molar-refractivity contribution >= 4 is 23.3 Å². The molecule has 0 aromatic heterocycles. The lowest BCUT2D eigenvalue weighted by Crippen LogP contribution is -2.51. The van der Waals surface area contributed by atoms with Crippen LogP contribution in [0, 0.1) is 13.8 Å². The number of hydrogen-bond acceptors (Lipinski definition) is 3. The highest BCUT2D eigenvalue weighted by molar-refractivity contribution is 6.30. The zero-order chi connectivity index (χ0) is 16.3. The van der Waals surface area contributed by atoms with E-state index in [2.05, 4.69) is 5.32 Å². The molecular weight excluding hydrogens is 304 g/mol. The molecule has 0 saturated carbocycles. The van der Waals surface area contributed by atoms with Gasteiger partial charge in [-0.1, -0.05) is 11.6 Å². The molecule has 1 aliphatic heterocycles. The number of amides is 2. The molecule has 0 aliphatic carbocycles. The summed E-state index contributed by atoms with van der Waals surface area (Å²) in [6.07, 6.45) is 0.0347. The van der Waals surface area contributed by atoms with E-state index in [0.717, 1.165) is 16.8 Å². The number of nitrogens with one attached hydrogen (secondary N) is 1. The standard InChI is InChI=1S/C16H23ClN2O3/c1-10-6-13(17)7-11(2)15(10)18-16(21)19-4-5-22-9-14(19)8-12(3)20/h6-7,12,14,20H,4-5,8-9H2,1-3H3,(H,18,21)/t12-,14+/m0/s1. The van der Waals surface area contributed by atoms with E-state index in [0.29, 0.717) is 31.2 Å². The van der Waals surface area contributed by atoms with Crippen molar-refractivity contribution in [3.63, 3.8) is 0 Å². The highest BCUT2D eigenvalue weighted by Gasteiger charge is 2.28. The number of benzene rings is 1. The first-order valence-corrected chi connectivity index (χ1v) is 7.86. The molecule has 2 atom stereocenters. The van der Waals surface area contributed by atoms with E-state index < -0.39 is 6.10 Å². The Balaban J connectivity index is 2.13. The SMILES string of the molecule is Cc1cc(Cl)cc(C)c1NC(=O)N1CCOC[C@H]1C[C@H](C)O. The maximum atomic E-state index is 12.6. The number of nitrogens with zero attached hydrogens (tertiary/aromatic N) is 1. The van der Waals surface area contributed by atoms with Gasteiger partial charge in [0.05, 0.1) is 25.4 Å². The van der Waals surface area contributed by atoms with E-state index in [1.807, 2.05) is 26.0 Å². The van der Waals surface area contributed by atoms with Gasteiger partial charge in [-0.3, -0.25) is 0 Å². The average molecular weight is 327 g/mol. The zero-order valence-electron chi connectivity index (χ0n) is 13.2. The van der Waals surface area contributed by atoms with E-state index >= 15 is 0 Å². The van der Waals surface area contributed by atoms with Crippen LogP contribution in [0.1, 0.15) is 24.5 Å². The Kier molecular flexibility index (Phi) is 5.67. The van der Waals surface area contributed by atoms with Crippen molar-refractivity contribution in [3.8, 4) is 0 Å². The number of anilines is 1. The zero-order valence-corrected chi connectivity index (χ0v) is 14.0. The van der Waals surface area contributed by atoms with Gasteiger partial charge in [-0.05, 0) is 50.5 Å². The summed E-state index contributed by atoms with van der Waals surface area (Å²) in [5.74, 6) is 0. The Morgan fingerprint density at radius 1 is 1.50 bits per heavy atom. The number of carbonyl (C=O) groups excluding carboxylic acids is 1. The van der Waals surface area contributed by atoms with Gasteiger partial charge in [0, 0.05) is 17.3 Å². The van der Waals surface area contributed by atoms with Gasteiger partial charge in [-0.2, -0.15) is 0 Å². The van der Waals surface area contributed by atoms with E-state index in [1.54, 1.807) is 11.8 Å². The molecule has 0 bridgehead atoms. The molecule has 1 aromatic carbocycles. The summed E-state index contributed by atoms with van der Waals surface area (Å²) >= 11 is 6.02. The van der Waals surface area contributed by atoms with Crippen LogP contribution < -0.4 is 5.32 Å². The summed E-state index contributed by atoms with van der Waals surface area (Å²) in [7, 11) is 0. The number of urea groups is 1. The first kappa shape index (κ1) is 17.1. The molecule has 2 rings (SSSR count). The predicted octanol–water partition coefficient (Wildman–Crippen LogP) is 2.96. The average Bonchev–Trinajstić information content (AvgIpc) is 2.42. The third-order valence-electron chi connectivity index (χ3n) is 3.83. The van der Waals surface area contributed by atoms with Crippen LogP contribution in [-0.2, 0) is 4.74 Å². The van der Waals surface area contributed by atoms with E-state index in [-0.39, 0.29) is 12.1 Å². The van der Waals surface area contributed by atoms with Gasteiger partial charge in [0.1, 0.15) is 0 Å². The van der Waals surface area contributed by atoms with Gasteiger partial charge >= 0.3 is 6.03 Å². The molecule has 1 heterocycles. The van der Waals surface area contributed by atoms with Gasteiger partial charge in [0.25, 0.3) is 0 Å². The van der Waals surface area contributed by atoms with Crippen LogP contribution in [0.4, 0.5) is 10.5 Å². The number of aliphatic hydroxyl groups excluding tert-OH is 1. The monoisotopic (exact) mass is 326 g/mol. The van der Waals surface area contributed by atoms with E-state index in [9.17, 15) is 9.90 Å². The van der Waals surface area contributed by atoms with Crippen molar-refractivity contribution in [3.05, 3.63) is 28.3 Å². The Hall–Kier alpha value is -1.30. The molecule has 22 heavy (non-hydrogen) atoms. The minimum absolute atomic E-state index is 0.110. The number of halogens is 1. The molecule has 1 saturated heterocycles. The molecule has 1 aromatic rings. The number of aryl methyl sites for hydroxylation is 2. The molecule has 1 aliphatic rings. The molecule has 122 valence electrons. The van der Waals surface area contributed by atoms with Crippen LogP contribution in [-0.4, -0.2) is 47.9 Å². The number of aliphatic hydroxyl groups is 1. The maximum absolute atomic E-state index is 12.6. The Bertz CT molecular complexity index is 525. The molecule has 0 unspecified atom stereocenters. The lowest BCUT2D eigenvalue weighted by Gasteiger charge is -2.36. The molecule has 0 radical (unpaired) electrons. The van der Waals surface area contributed by atoms with E-state index in [4.69, 9.17) is 16.3 Å². The number of carbonyl (C=O) groups is 1. The summed E-state index contributed by atoms with van der Waals surface area (Å²) in [6, 6.07) is 3.39. The molecule has 6 heteroatoms.